The number of benzene rings is 1. The van der Waals surface area contributed by atoms with E-state index in [9.17, 15) is 14.4 Å². The fraction of sp³-hybridized carbons (Fsp3) is 0.100. The first kappa shape index (κ1) is 18.8. The van der Waals surface area contributed by atoms with Crippen LogP contribution in [0.15, 0.2) is 65.3 Å². The number of furan rings is 1. The molecule has 2 amide bonds. The van der Waals surface area contributed by atoms with Crippen LogP contribution in [0.1, 0.15) is 37.1 Å². The van der Waals surface area contributed by atoms with Gasteiger partial charge in [-0.15, -0.1) is 0 Å². The third-order valence-corrected chi connectivity index (χ3v) is 3.78. The molecule has 0 aliphatic carbocycles. The van der Waals surface area contributed by atoms with Crippen LogP contribution in [0.3, 0.4) is 0 Å². The molecule has 0 unspecified atom stereocenters. The lowest BCUT2D eigenvalue weighted by Gasteiger charge is -2.07. The molecule has 2 N–H and O–H groups in total. The second-order valence-electron chi connectivity index (χ2n) is 5.69. The van der Waals surface area contributed by atoms with Crippen LogP contribution in [0.2, 0.25) is 0 Å². The van der Waals surface area contributed by atoms with E-state index >= 15 is 0 Å². The Bertz CT molecular complexity index is 981. The van der Waals surface area contributed by atoms with Crippen LogP contribution in [-0.4, -0.2) is 29.9 Å². The van der Waals surface area contributed by atoms with E-state index in [1.165, 1.54) is 37.6 Å². The number of nitrogens with one attached hydrogen (secondary N) is 2. The molecule has 0 bridgehead atoms. The molecule has 3 aromatic rings. The molecule has 0 atom stereocenters. The predicted octanol–water partition coefficient (Wildman–Crippen LogP) is 2.64. The van der Waals surface area contributed by atoms with Gasteiger partial charge in [-0.2, -0.15) is 0 Å². The average molecular weight is 379 g/mol. The molecule has 2 aromatic heterocycles. The number of methoxy groups -OCH3 is 1. The standard InChI is InChI=1S/C20H17N3O5/c1-27-20(26)13-7-9-14(10-8-13)22-19(25)17-6-2-5-16(23-17)18(24)21-12-15-4-3-11-28-15/h2-11H,12H2,1H3,(H,21,24)(H,22,25). The van der Waals surface area contributed by atoms with Crippen molar-refractivity contribution in [2.45, 2.75) is 6.54 Å². The zero-order valence-corrected chi connectivity index (χ0v) is 15.0. The van der Waals surface area contributed by atoms with Gasteiger partial charge in [-0.05, 0) is 48.5 Å². The number of pyridine rings is 1. The summed E-state index contributed by atoms with van der Waals surface area (Å²) in [6.45, 7) is 0.219. The van der Waals surface area contributed by atoms with Gasteiger partial charge in [-0.1, -0.05) is 6.07 Å². The highest BCUT2D eigenvalue weighted by Crippen LogP contribution is 2.12. The highest BCUT2D eigenvalue weighted by Gasteiger charge is 2.13. The minimum Gasteiger partial charge on any atom is -0.467 e. The fourth-order valence-electron chi connectivity index (χ4n) is 2.36. The van der Waals surface area contributed by atoms with Gasteiger partial charge in [0.25, 0.3) is 11.8 Å². The summed E-state index contributed by atoms with van der Waals surface area (Å²) in [6, 6.07) is 14.3. The monoisotopic (exact) mass is 379 g/mol. The normalized spacial score (nSPS) is 10.2. The van der Waals surface area contributed by atoms with Gasteiger partial charge in [-0.3, -0.25) is 9.59 Å². The number of aromatic nitrogens is 1. The Morgan fingerprint density at radius 1 is 0.964 bits per heavy atom. The first-order valence-electron chi connectivity index (χ1n) is 8.34. The summed E-state index contributed by atoms with van der Waals surface area (Å²) in [5.41, 5.74) is 1.05. The van der Waals surface area contributed by atoms with E-state index in [1.54, 1.807) is 30.3 Å². The van der Waals surface area contributed by atoms with E-state index in [-0.39, 0.29) is 17.9 Å². The second-order valence-corrected chi connectivity index (χ2v) is 5.69. The highest BCUT2D eigenvalue weighted by atomic mass is 16.5. The van der Waals surface area contributed by atoms with Gasteiger partial charge in [0.2, 0.25) is 0 Å². The number of hydrogen-bond acceptors (Lipinski definition) is 6. The molecule has 0 fully saturated rings. The summed E-state index contributed by atoms with van der Waals surface area (Å²) in [5, 5.41) is 5.33. The zero-order chi connectivity index (χ0) is 19.9. The molecular formula is C20H17N3O5. The Kier molecular flexibility index (Phi) is 5.81. The molecule has 2 heterocycles. The van der Waals surface area contributed by atoms with Crippen molar-refractivity contribution in [1.29, 1.82) is 0 Å². The molecule has 142 valence electrons. The van der Waals surface area contributed by atoms with Crippen LogP contribution in [0.5, 0.6) is 0 Å². The summed E-state index contributed by atoms with van der Waals surface area (Å²) in [5.74, 6) is -0.759. The summed E-state index contributed by atoms with van der Waals surface area (Å²) in [6.07, 6.45) is 1.52. The minimum absolute atomic E-state index is 0.0858. The van der Waals surface area contributed by atoms with Crippen LogP contribution in [0.4, 0.5) is 5.69 Å². The molecule has 0 saturated carbocycles. The fourth-order valence-corrected chi connectivity index (χ4v) is 2.36. The maximum atomic E-state index is 12.4. The van der Waals surface area contributed by atoms with Crippen molar-refractivity contribution < 1.29 is 23.5 Å². The van der Waals surface area contributed by atoms with Crippen LogP contribution >= 0.6 is 0 Å². The Balaban J connectivity index is 1.64. The smallest absolute Gasteiger partial charge is 0.337 e. The van der Waals surface area contributed by atoms with Gasteiger partial charge in [0, 0.05) is 5.69 Å². The van der Waals surface area contributed by atoms with Gasteiger partial charge >= 0.3 is 5.97 Å². The first-order valence-corrected chi connectivity index (χ1v) is 8.34. The summed E-state index contributed by atoms with van der Waals surface area (Å²) in [7, 11) is 1.29. The lowest BCUT2D eigenvalue weighted by molar-refractivity contribution is 0.0600. The van der Waals surface area contributed by atoms with E-state index in [1.807, 2.05) is 0 Å². The second kappa shape index (κ2) is 8.63. The lowest BCUT2D eigenvalue weighted by Crippen LogP contribution is -2.24. The minimum atomic E-state index is -0.480. The van der Waals surface area contributed by atoms with Crippen LogP contribution in [0.25, 0.3) is 0 Å². The molecule has 8 heteroatoms. The summed E-state index contributed by atoms with van der Waals surface area (Å²) < 4.78 is 9.78. The van der Waals surface area contributed by atoms with Crippen molar-refractivity contribution in [3.05, 3.63) is 83.6 Å². The van der Waals surface area contributed by atoms with Gasteiger partial charge in [0.1, 0.15) is 17.1 Å². The molecule has 0 aliphatic heterocycles. The number of carbonyl (C=O) groups excluding carboxylic acids is 3. The third kappa shape index (κ3) is 4.61. The van der Waals surface area contributed by atoms with Crippen molar-refractivity contribution in [3.63, 3.8) is 0 Å². The van der Waals surface area contributed by atoms with Crippen LogP contribution in [0, 0.1) is 0 Å². The van der Waals surface area contributed by atoms with Crippen molar-refractivity contribution >= 4 is 23.5 Å². The number of amides is 2. The van der Waals surface area contributed by atoms with E-state index < -0.39 is 17.8 Å². The van der Waals surface area contributed by atoms with E-state index in [2.05, 4.69) is 20.4 Å². The number of anilines is 1. The third-order valence-electron chi connectivity index (χ3n) is 3.78. The topological polar surface area (TPSA) is 111 Å². The molecule has 0 saturated heterocycles. The molecule has 28 heavy (non-hydrogen) atoms. The molecule has 0 aliphatic rings. The SMILES string of the molecule is COC(=O)c1ccc(NC(=O)c2cccc(C(=O)NCc3ccco3)n2)cc1. The van der Waals surface area contributed by atoms with Crippen molar-refractivity contribution in [1.82, 2.24) is 10.3 Å². The Hall–Kier alpha value is -3.94. The Labute approximate surface area is 160 Å². The average Bonchev–Trinajstić information content (AvgIpc) is 3.25. The summed E-state index contributed by atoms with van der Waals surface area (Å²) in [4.78, 5) is 40.1. The van der Waals surface area contributed by atoms with Gasteiger partial charge in [0.05, 0.1) is 25.5 Å². The van der Waals surface area contributed by atoms with Crippen LogP contribution in [-0.2, 0) is 11.3 Å². The van der Waals surface area contributed by atoms with Crippen molar-refractivity contribution in [2.24, 2.45) is 0 Å². The quantitative estimate of drug-likeness (QED) is 0.637. The maximum Gasteiger partial charge on any atom is 0.337 e. The molecule has 0 radical (unpaired) electrons. The van der Waals surface area contributed by atoms with Crippen molar-refractivity contribution in [3.8, 4) is 0 Å². The summed E-state index contributed by atoms with van der Waals surface area (Å²) >= 11 is 0. The molecule has 1 aromatic carbocycles. The van der Waals surface area contributed by atoms with E-state index in [0.717, 1.165) is 0 Å². The first-order chi connectivity index (χ1) is 13.6. The Morgan fingerprint density at radius 2 is 1.68 bits per heavy atom. The highest BCUT2D eigenvalue weighted by molar-refractivity contribution is 6.04. The molecular weight excluding hydrogens is 362 g/mol. The maximum absolute atomic E-state index is 12.4. The molecule has 3 rings (SSSR count). The number of rotatable bonds is 6. The number of ether oxygens (including phenoxy) is 1. The predicted molar refractivity (Wildman–Crippen MR) is 99.8 cm³/mol. The number of hydrogen-bond donors (Lipinski definition) is 2. The van der Waals surface area contributed by atoms with Crippen molar-refractivity contribution in [2.75, 3.05) is 12.4 Å². The number of carbonyl (C=O) groups is 3. The Morgan fingerprint density at radius 3 is 2.32 bits per heavy atom. The molecule has 8 nitrogen and oxygen atoms in total. The lowest BCUT2D eigenvalue weighted by atomic mass is 10.2. The van der Waals surface area contributed by atoms with Crippen LogP contribution < -0.4 is 10.6 Å². The van der Waals surface area contributed by atoms with Gasteiger partial charge in [0.15, 0.2) is 0 Å². The molecule has 0 spiro atoms. The van der Waals surface area contributed by atoms with Gasteiger partial charge in [-0.25, -0.2) is 9.78 Å². The zero-order valence-electron chi connectivity index (χ0n) is 15.0. The van der Waals surface area contributed by atoms with Gasteiger partial charge < -0.3 is 19.8 Å². The van der Waals surface area contributed by atoms with E-state index in [4.69, 9.17) is 4.42 Å². The number of esters is 1. The number of nitrogens with zero attached hydrogens (tertiary/aromatic N) is 1. The largest absolute Gasteiger partial charge is 0.467 e. The van der Waals surface area contributed by atoms with E-state index in [0.29, 0.717) is 17.0 Å².